The van der Waals surface area contributed by atoms with Crippen LogP contribution in [0.25, 0.3) is 0 Å². The second-order valence-corrected chi connectivity index (χ2v) is 8.41. The number of benzene rings is 3. The molecule has 146 valence electrons. The van der Waals surface area contributed by atoms with Crippen LogP contribution in [0.1, 0.15) is 11.1 Å². The molecule has 0 saturated heterocycles. The molecule has 0 unspecified atom stereocenters. The van der Waals surface area contributed by atoms with Gasteiger partial charge in [0.1, 0.15) is 11.6 Å². The van der Waals surface area contributed by atoms with Crippen molar-refractivity contribution in [3.8, 4) is 5.75 Å². The molecule has 0 aliphatic carbocycles. The summed E-state index contributed by atoms with van der Waals surface area (Å²) in [4.78, 5) is 0.0387. The van der Waals surface area contributed by atoms with Crippen LogP contribution in [0.3, 0.4) is 0 Å². The van der Waals surface area contributed by atoms with Gasteiger partial charge >= 0.3 is 0 Å². The molecule has 7 heteroatoms. The third-order valence-corrected chi connectivity index (χ3v) is 6.71. The molecule has 0 fully saturated rings. The lowest BCUT2D eigenvalue weighted by Crippen LogP contribution is -2.31. The fourth-order valence-electron chi connectivity index (χ4n) is 2.84. The lowest BCUT2D eigenvalue weighted by atomic mass is 10.2. The van der Waals surface area contributed by atoms with Crippen LogP contribution in [-0.2, 0) is 16.6 Å². The first-order valence-corrected chi connectivity index (χ1v) is 10.3. The zero-order chi connectivity index (χ0) is 20.3. The van der Waals surface area contributed by atoms with Gasteiger partial charge in [-0.1, -0.05) is 41.9 Å². The molecule has 0 bridgehead atoms. The van der Waals surface area contributed by atoms with Crippen LogP contribution in [-0.4, -0.2) is 15.5 Å². The van der Waals surface area contributed by atoms with Gasteiger partial charge in [0.2, 0.25) is 0 Å². The molecular formula is C21H19ClFNO3S. The number of hydrogen-bond acceptors (Lipinski definition) is 3. The van der Waals surface area contributed by atoms with Crippen molar-refractivity contribution in [1.29, 1.82) is 0 Å². The number of para-hydroxylation sites is 1. The monoisotopic (exact) mass is 419 g/mol. The number of rotatable bonds is 6. The summed E-state index contributed by atoms with van der Waals surface area (Å²) in [7, 11) is -2.52. The van der Waals surface area contributed by atoms with E-state index in [1.165, 1.54) is 24.3 Å². The van der Waals surface area contributed by atoms with Gasteiger partial charge in [0.05, 0.1) is 24.2 Å². The van der Waals surface area contributed by atoms with Crippen molar-refractivity contribution >= 4 is 27.3 Å². The molecule has 0 amide bonds. The van der Waals surface area contributed by atoms with Crippen LogP contribution >= 0.6 is 11.6 Å². The molecule has 0 aliphatic heterocycles. The predicted molar refractivity (Wildman–Crippen MR) is 109 cm³/mol. The number of sulfonamides is 1. The molecular weight excluding hydrogens is 401 g/mol. The largest absolute Gasteiger partial charge is 0.497 e. The Morgan fingerprint density at radius 2 is 1.68 bits per heavy atom. The standard InChI is InChI=1S/C21H19ClFNO3S/c1-15-18(22)6-5-9-21(15)28(25,26)24(20-8-4-3-7-19(20)23)14-16-10-12-17(27-2)13-11-16/h3-13H,14H2,1-2H3. The van der Waals surface area contributed by atoms with E-state index in [2.05, 4.69) is 0 Å². The van der Waals surface area contributed by atoms with Crippen molar-refractivity contribution in [3.63, 3.8) is 0 Å². The van der Waals surface area contributed by atoms with Gasteiger partial charge in [-0.2, -0.15) is 0 Å². The SMILES string of the molecule is COc1ccc(CN(c2ccccc2F)S(=O)(=O)c2cccc(Cl)c2C)cc1. The van der Waals surface area contributed by atoms with E-state index in [1.807, 2.05) is 0 Å². The second kappa shape index (κ2) is 8.20. The van der Waals surface area contributed by atoms with Crippen molar-refractivity contribution in [3.05, 3.63) is 88.7 Å². The number of ether oxygens (including phenoxy) is 1. The summed E-state index contributed by atoms with van der Waals surface area (Å²) in [5.41, 5.74) is 1.07. The molecule has 0 N–H and O–H groups in total. The maximum atomic E-state index is 14.5. The minimum absolute atomic E-state index is 0.0299. The second-order valence-electron chi connectivity index (χ2n) is 6.17. The van der Waals surface area contributed by atoms with Crippen LogP contribution in [0.5, 0.6) is 5.75 Å². The van der Waals surface area contributed by atoms with Crippen LogP contribution < -0.4 is 9.04 Å². The fourth-order valence-corrected chi connectivity index (χ4v) is 4.78. The number of nitrogens with zero attached hydrogens (tertiary/aromatic N) is 1. The summed E-state index contributed by atoms with van der Waals surface area (Å²) < 4.78 is 47.7. The van der Waals surface area contributed by atoms with Gasteiger partial charge in [-0.15, -0.1) is 0 Å². The van der Waals surface area contributed by atoms with E-state index in [-0.39, 0.29) is 17.1 Å². The quantitative estimate of drug-likeness (QED) is 0.552. The molecule has 28 heavy (non-hydrogen) atoms. The Morgan fingerprint density at radius 3 is 2.32 bits per heavy atom. The third-order valence-electron chi connectivity index (χ3n) is 4.39. The Kier molecular flexibility index (Phi) is 5.91. The molecule has 3 rings (SSSR count). The molecule has 0 spiro atoms. The summed E-state index contributed by atoms with van der Waals surface area (Å²) in [6.45, 7) is 1.58. The minimum atomic E-state index is -4.07. The number of hydrogen-bond donors (Lipinski definition) is 0. The highest BCUT2D eigenvalue weighted by molar-refractivity contribution is 7.92. The van der Waals surface area contributed by atoms with Crippen molar-refractivity contribution < 1.29 is 17.5 Å². The van der Waals surface area contributed by atoms with Crippen molar-refractivity contribution in [2.24, 2.45) is 0 Å². The molecule has 0 atom stereocenters. The summed E-state index contributed by atoms with van der Waals surface area (Å²) >= 11 is 6.12. The highest BCUT2D eigenvalue weighted by Crippen LogP contribution is 2.31. The molecule has 0 aliphatic rings. The topological polar surface area (TPSA) is 46.6 Å². The zero-order valence-electron chi connectivity index (χ0n) is 15.4. The first-order chi connectivity index (χ1) is 13.3. The predicted octanol–water partition coefficient (Wildman–Crippen LogP) is 5.19. The van der Waals surface area contributed by atoms with E-state index in [9.17, 15) is 12.8 Å². The van der Waals surface area contributed by atoms with Gasteiger partial charge in [-0.25, -0.2) is 12.8 Å². The number of methoxy groups -OCH3 is 1. The first-order valence-electron chi connectivity index (χ1n) is 8.50. The maximum Gasteiger partial charge on any atom is 0.265 e. The number of anilines is 1. The Morgan fingerprint density at radius 1 is 1.00 bits per heavy atom. The van der Waals surface area contributed by atoms with Crippen LogP contribution in [0.15, 0.2) is 71.6 Å². The molecule has 0 radical (unpaired) electrons. The van der Waals surface area contributed by atoms with E-state index < -0.39 is 15.8 Å². The molecule has 0 heterocycles. The van der Waals surface area contributed by atoms with Crippen molar-refractivity contribution in [1.82, 2.24) is 0 Å². The minimum Gasteiger partial charge on any atom is -0.497 e. The fraction of sp³-hybridized carbons (Fsp3) is 0.143. The summed E-state index contributed by atoms with van der Waals surface area (Å²) in [5.74, 6) is 0.0222. The smallest absolute Gasteiger partial charge is 0.265 e. The average Bonchev–Trinajstić information content (AvgIpc) is 2.69. The van der Waals surface area contributed by atoms with Crippen LogP contribution in [0, 0.1) is 12.7 Å². The van der Waals surface area contributed by atoms with E-state index >= 15 is 0 Å². The molecule has 0 aromatic heterocycles. The number of halogens is 2. The summed E-state index contributed by atoms with van der Waals surface area (Å²) in [6.07, 6.45) is 0. The summed E-state index contributed by atoms with van der Waals surface area (Å²) in [6, 6.07) is 17.4. The lowest BCUT2D eigenvalue weighted by Gasteiger charge is -2.26. The highest BCUT2D eigenvalue weighted by atomic mass is 35.5. The van der Waals surface area contributed by atoms with Crippen LogP contribution in [0.4, 0.5) is 10.1 Å². The van der Waals surface area contributed by atoms with Crippen molar-refractivity contribution in [2.45, 2.75) is 18.4 Å². The first kappa shape index (κ1) is 20.2. The Bertz CT molecular complexity index is 1090. The van der Waals surface area contributed by atoms with Gasteiger partial charge < -0.3 is 4.74 Å². The lowest BCUT2D eigenvalue weighted by molar-refractivity contribution is 0.414. The van der Waals surface area contributed by atoms with E-state index in [1.54, 1.807) is 56.5 Å². The van der Waals surface area contributed by atoms with Gasteiger partial charge in [-0.3, -0.25) is 4.31 Å². The Labute approximate surface area is 169 Å². The summed E-state index contributed by atoms with van der Waals surface area (Å²) in [5, 5.41) is 0.332. The Hall–Kier alpha value is -2.57. The zero-order valence-corrected chi connectivity index (χ0v) is 17.0. The van der Waals surface area contributed by atoms with Crippen molar-refractivity contribution in [2.75, 3.05) is 11.4 Å². The van der Waals surface area contributed by atoms with E-state index in [4.69, 9.17) is 16.3 Å². The highest BCUT2D eigenvalue weighted by Gasteiger charge is 2.29. The Balaban J connectivity index is 2.12. The third kappa shape index (κ3) is 3.98. The molecule has 3 aromatic rings. The van der Waals surface area contributed by atoms with Crippen LogP contribution in [0.2, 0.25) is 5.02 Å². The normalized spacial score (nSPS) is 11.3. The van der Waals surface area contributed by atoms with E-state index in [0.717, 1.165) is 4.31 Å². The van der Waals surface area contributed by atoms with E-state index in [0.29, 0.717) is 21.9 Å². The maximum absolute atomic E-state index is 14.5. The van der Waals surface area contributed by atoms with Gasteiger partial charge in [0, 0.05) is 5.02 Å². The molecule has 4 nitrogen and oxygen atoms in total. The average molecular weight is 420 g/mol. The van der Waals surface area contributed by atoms with Gasteiger partial charge in [-0.05, 0) is 54.4 Å². The van der Waals surface area contributed by atoms with Gasteiger partial charge in [0.25, 0.3) is 10.0 Å². The molecule has 3 aromatic carbocycles. The van der Waals surface area contributed by atoms with Gasteiger partial charge in [0.15, 0.2) is 0 Å². The molecule has 0 saturated carbocycles.